The van der Waals surface area contributed by atoms with Gasteiger partial charge in [0.05, 0.1) is 12.1 Å². The molecule has 1 aromatic heterocycles. The Labute approximate surface area is 143 Å². The second-order valence-electron chi connectivity index (χ2n) is 5.67. The van der Waals surface area contributed by atoms with Gasteiger partial charge in [-0.2, -0.15) is 0 Å². The molecule has 1 saturated heterocycles. The largest absolute Gasteiger partial charge is 0.450 e. The summed E-state index contributed by atoms with van der Waals surface area (Å²) in [6.07, 6.45) is 0.835. The van der Waals surface area contributed by atoms with Gasteiger partial charge in [-0.25, -0.2) is 9.18 Å². The zero-order valence-electron chi connectivity index (χ0n) is 13.8. The molecule has 0 saturated carbocycles. The first kappa shape index (κ1) is 16.9. The molecule has 0 atom stereocenters. The lowest BCUT2D eigenvalue weighted by molar-refractivity contribution is 0.0569. The minimum absolute atomic E-state index is 0.0392. The maximum absolute atomic E-state index is 13.7. The first-order valence-electron chi connectivity index (χ1n) is 8.03. The third-order valence-electron chi connectivity index (χ3n) is 4.19. The van der Waals surface area contributed by atoms with Gasteiger partial charge >= 0.3 is 6.09 Å². The number of piperazine rings is 1. The van der Waals surface area contributed by atoms with Crippen LogP contribution in [-0.2, 0) is 4.74 Å². The van der Waals surface area contributed by atoms with Crippen LogP contribution in [0.1, 0.15) is 17.3 Å². The predicted molar refractivity (Wildman–Crippen MR) is 89.0 cm³/mol. The number of para-hydroxylation sites is 1. The summed E-state index contributed by atoms with van der Waals surface area (Å²) in [7, 11) is 0. The van der Waals surface area contributed by atoms with Crippen molar-refractivity contribution in [1.29, 1.82) is 0 Å². The van der Waals surface area contributed by atoms with Crippen molar-refractivity contribution >= 4 is 22.9 Å². The van der Waals surface area contributed by atoms with E-state index >= 15 is 0 Å². The highest BCUT2D eigenvalue weighted by molar-refractivity contribution is 5.97. The maximum atomic E-state index is 13.7. The molecule has 1 fully saturated rings. The highest BCUT2D eigenvalue weighted by atomic mass is 19.1. The van der Waals surface area contributed by atoms with Crippen molar-refractivity contribution in [2.45, 2.75) is 6.92 Å². The number of fused-ring (bicyclic) bond motifs is 1. The van der Waals surface area contributed by atoms with Gasteiger partial charge in [0.1, 0.15) is 11.4 Å². The lowest BCUT2D eigenvalue weighted by Gasteiger charge is -2.33. The van der Waals surface area contributed by atoms with Crippen LogP contribution in [0.4, 0.5) is 9.18 Å². The van der Waals surface area contributed by atoms with Crippen molar-refractivity contribution in [2.24, 2.45) is 0 Å². The van der Waals surface area contributed by atoms with Crippen LogP contribution in [0.2, 0.25) is 0 Å². The monoisotopic (exact) mass is 347 g/mol. The molecule has 3 rings (SSSR count). The second-order valence-corrected chi connectivity index (χ2v) is 5.67. The zero-order valence-corrected chi connectivity index (χ0v) is 13.8. The van der Waals surface area contributed by atoms with E-state index in [-0.39, 0.29) is 16.5 Å². The summed E-state index contributed by atoms with van der Waals surface area (Å²) in [5.41, 5.74) is -0.468. The Morgan fingerprint density at radius 2 is 1.88 bits per heavy atom. The molecule has 1 aliphatic rings. The summed E-state index contributed by atoms with van der Waals surface area (Å²) < 4.78 is 18.7. The van der Waals surface area contributed by atoms with Crippen LogP contribution in [0.15, 0.2) is 29.2 Å². The Morgan fingerprint density at radius 1 is 1.20 bits per heavy atom. The summed E-state index contributed by atoms with van der Waals surface area (Å²) in [5.74, 6) is -0.979. The van der Waals surface area contributed by atoms with Crippen LogP contribution >= 0.6 is 0 Å². The van der Waals surface area contributed by atoms with Gasteiger partial charge < -0.3 is 19.5 Å². The van der Waals surface area contributed by atoms with E-state index < -0.39 is 23.2 Å². The van der Waals surface area contributed by atoms with Crippen molar-refractivity contribution in [3.8, 4) is 0 Å². The van der Waals surface area contributed by atoms with Gasteiger partial charge in [0.15, 0.2) is 0 Å². The van der Waals surface area contributed by atoms with Crippen LogP contribution in [-0.4, -0.2) is 59.6 Å². The number of hydrogen-bond acceptors (Lipinski definition) is 4. The third kappa shape index (κ3) is 3.19. The minimum atomic E-state index is -0.545. The molecule has 1 N–H and O–H groups in total. The number of nitrogens with one attached hydrogen (secondary N) is 1. The topological polar surface area (TPSA) is 82.7 Å². The molecule has 1 aliphatic heterocycles. The number of benzene rings is 1. The highest BCUT2D eigenvalue weighted by Crippen LogP contribution is 2.14. The number of H-pyrrole nitrogens is 1. The Hall–Kier alpha value is -2.90. The molecule has 0 unspecified atom stereocenters. The number of aromatic amines is 1. The average Bonchev–Trinajstić information content (AvgIpc) is 2.62. The summed E-state index contributed by atoms with van der Waals surface area (Å²) in [4.78, 5) is 42.5. The third-order valence-corrected chi connectivity index (χ3v) is 4.19. The average molecular weight is 347 g/mol. The van der Waals surface area contributed by atoms with E-state index in [0.29, 0.717) is 32.8 Å². The first-order valence-corrected chi connectivity index (χ1v) is 8.03. The van der Waals surface area contributed by atoms with Crippen molar-refractivity contribution in [2.75, 3.05) is 32.8 Å². The summed E-state index contributed by atoms with van der Waals surface area (Å²) in [5, 5.41) is 0.135. The van der Waals surface area contributed by atoms with Crippen molar-refractivity contribution < 1.29 is 18.7 Å². The fraction of sp³-hybridized carbons (Fsp3) is 0.353. The first-order chi connectivity index (χ1) is 12.0. The maximum Gasteiger partial charge on any atom is 0.409 e. The molecule has 7 nitrogen and oxygen atoms in total. The number of hydrogen-bond donors (Lipinski definition) is 1. The van der Waals surface area contributed by atoms with Gasteiger partial charge in [-0.15, -0.1) is 0 Å². The van der Waals surface area contributed by atoms with Crippen LogP contribution in [0.3, 0.4) is 0 Å². The van der Waals surface area contributed by atoms with Crippen LogP contribution in [0, 0.1) is 5.82 Å². The fourth-order valence-electron chi connectivity index (χ4n) is 2.85. The van der Waals surface area contributed by atoms with Crippen molar-refractivity contribution in [1.82, 2.24) is 14.8 Å². The Balaban J connectivity index is 1.79. The Kier molecular flexibility index (Phi) is 4.69. The van der Waals surface area contributed by atoms with E-state index in [9.17, 15) is 18.8 Å². The van der Waals surface area contributed by atoms with Crippen LogP contribution in [0.25, 0.3) is 10.9 Å². The summed E-state index contributed by atoms with van der Waals surface area (Å²) in [6, 6.07) is 4.15. The van der Waals surface area contributed by atoms with Crippen LogP contribution in [0.5, 0.6) is 0 Å². The number of aromatic nitrogens is 1. The van der Waals surface area contributed by atoms with Crippen molar-refractivity contribution in [3.05, 3.63) is 46.0 Å². The number of amides is 2. The van der Waals surface area contributed by atoms with E-state index in [1.54, 1.807) is 6.92 Å². The number of carbonyl (C=O) groups is 2. The number of pyridine rings is 1. The van der Waals surface area contributed by atoms with Gasteiger partial charge in [-0.3, -0.25) is 9.59 Å². The van der Waals surface area contributed by atoms with Crippen molar-refractivity contribution in [3.63, 3.8) is 0 Å². The molecule has 2 amide bonds. The molecule has 132 valence electrons. The molecule has 1 aromatic carbocycles. The zero-order chi connectivity index (χ0) is 18.0. The molecule has 25 heavy (non-hydrogen) atoms. The fourth-order valence-corrected chi connectivity index (χ4v) is 2.85. The molecule has 0 radical (unpaired) electrons. The number of nitrogens with zero attached hydrogens (tertiary/aromatic N) is 2. The quantitative estimate of drug-likeness (QED) is 0.894. The lowest BCUT2D eigenvalue weighted by Crippen LogP contribution is -2.51. The highest BCUT2D eigenvalue weighted by Gasteiger charge is 2.27. The smallest absolute Gasteiger partial charge is 0.409 e. The summed E-state index contributed by atoms with van der Waals surface area (Å²) in [6.45, 7) is 3.31. The Morgan fingerprint density at radius 3 is 2.56 bits per heavy atom. The van der Waals surface area contributed by atoms with Crippen LogP contribution < -0.4 is 5.43 Å². The molecule has 0 aliphatic carbocycles. The summed E-state index contributed by atoms with van der Waals surface area (Å²) >= 11 is 0. The van der Waals surface area contributed by atoms with E-state index in [2.05, 4.69) is 4.98 Å². The molecular formula is C17H18FN3O4. The predicted octanol–water partition coefficient (Wildman–Crippen LogP) is 1.58. The number of halogens is 1. The van der Waals surface area contributed by atoms with E-state index in [1.807, 2.05) is 0 Å². The minimum Gasteiger partial charge on any atom is -0.450 e. The molecule has 2 aromatic rings. The van der Waals surface area contributed by atoms with Gasteiger partial charge in [-0.1, -0.05) is 6.07 Å². The van der Waals surface area contributed by atoms with Gasteiger partial charge in [0, 0.05) is 37.8 Å². The van der Waals surface area contributed by atoms with E-state index in [0.717, 1.165) is 0 Å². The molecule has 0 spiro atoms. The van der Waals surface area contributed by atoms with Gasteiger partial charge in [-0.05, 0) is 19.1 Å². The van der Waals surface area contributed by atoms with Gasteiger partial charge in [0.25, 0.3) is 5.91 Å². The van der Waals surface area contributed by atoms with E-state index in [1.165, 1.54) is 34.2 Å². The SMILES string of the molecule is CCOC(=O)N1CCN(C(=O)c2c[nH]c3c(F)cccc3c2=O)CC1. The standard InChI is InChI=1S/C17H18FN3O4/c1-2-25-17(24)21-8-6-20(7-9-21)16(23)12-10-19-14-11(15(12)22)4-3-5-13(14)18/h3-5,10H,2,6-9H2,1H3,(H,19,22). The van der Waals surface area contributed by atoms with Gasteiger partial charge in [0.2, 0.25) is 5.43 Å². The number of carbonyl (C=O) groups excluding carboxylic acids is 2. The number of rotatable bonds is 2. The normalized spacial score (nSPS) is 14.6. The Bertz CT molecular complexity index is 872. The number of ether oxygens (including phenoxy) is 1. The molecule has 8 heteroatoms. The second kappa shape index (κ2) is 6.92. The molecule has 0 bridgehead atoms. The lowest BCUT2D eigenvalue weighted by atomic mass is 10.1. The molecular weight excluding hydrogens is 329 g/mol. The molecule has 2 heterocycles. The van der Waals surface area contributed by atoms with E-state index in [4.69, 9.17) is 4.74 Å².